The zero-order valence-corrected chi connectivity index (χ0v) is 23.3. The number of nitrogens with zero attached hydrogens (tertiary/aromatic N) is 5. The van der Waals surface area contributed by atoms with E-state index in [9.17, 15) is 14.4 Å². The topological polar surface area (TPSA) is 177 Å². The highest BCUT2D eigenvalue weighted by atomic mass is 16.6. The van der Waals surface area contributed by atoms with E-state index >= 15 is 0 Å². The number of nitrogens with one attached hydrogen (secondary N) is 1. The lowest BCUT2D eigenvalue weighted by Crippen LogP contribution is -2.37. The van der Waals surface area contributed by atoms with Crippen molar-refractivity contribution in [2.24, 2.45) is 32.4 Å². The minimum Gasteiger partial charge on any atom is -0.460 e. The summed E-state index contributed by atoms with van der Waals surface area (Å²) < 4.78 is 5.41. The van der Waals surface area contributed by atoms with E-state index in [-0.39, 0.29) is 31.3 Å². The lowest BCUT2D eigenvalue weighted by Gasteiger charge is -2.22. The van der Waals surface area contributed by atoms with Gasteiger partial charge in [0.2, 0.25) is 5.91 Å². The molecule has 2 aromatic carbocycles. The van der Waals surface area contributed by atoms with Crippen LogP contribution in [0, 0.1) is 0 Å². The molecule has 2 aromatic rings. The average molecular weight is 549 g/mol. The largest absolute Gasteiger partial charge is 0.460 e. The average Bonchev–Trinajstić information content (AvgIpc) is 3.06. The van der Waals surface area contributed by atoms with Crippen LogP contribution in [-0.2, 0) is 25.5 Å². The molecular formula is C28H36N8O4. The Labute approximate surface area is 233 Å². The predicted octanol–water partition coefficient (Wildman–Crippen LogP) is 4.18. The molecule has 0 radical (unpaired) electrons. The van der Waals surface area contributed by atoms with Gasteiger partial charge in [-0.1, -0.05) is 58.9 Å². The van der Waals surface area contributed by atoms with Crippen molar-refractivity contribution in [3.05, 3.63) is 59.2 Å². The van der Waals surface area contributed by atoms with Crippen molar-refractivity contribution in [3.8, 4) is 11.1 Å². The van der Waals surface area contributed by atoms with Gasteiger partial charge in [-0.2, -0.15) is 0 Å². The Bertz CT molecular complexity index is 1310. The Morgan fingerprint density at radius 1 is 1.05 bits per heavy atom. The highest BCUT2D eigenvalue weighted by Gasteiger charge is 2.26. The number of nitrogens with two attached hydrogens (primary N) is 2. The summed E-state index contributed by atoms with van der Waals surface area (Å²) in [5.41, 5.74) is 4.14. The molecule has 0 saturated carbocycles. The van der Waals surface area contributed by atoms with Gasteiger partial charge >= 0.3 is 5.97 Å². The number of carbonyl (C=O) groups excluding carboxylic acids is 3. The summed E-state index contributed by atoms with van der Waals surface area (Å²) in [7, 11) is 0. The Morgan fingerprint density at radius 3 is 2.38 bits per heavy atom. The standard InChI is InChI=1S/C28H36N8O4/c1-5-12-36(17-25(37)33-35-30)27(39)22-14-21-11-10-20(15-23(21)31-24(16-22)32-34-29)19-8-6-18(7-9-19)13-26(38)40-28(2,3)4/h6-11,14-15,24,31H,5,12-13,16-17H2,1-4H3,(H2,29,32)(H2,30,33,37). The molecule has 40 heavy (non-hydrogen) atoms. The minimum absolute atomic E-state index is 0.187. The molecule has 0 saturated heterocycles. The van der Waals surface area contributed by atoms with E-state index in [1.54, 1.807) is 6.08 Å². The SMILES string of the molecule is CCCN(CC(=O)N=NN)C(=O)C1=Cc2ccc(-c3ccc(CC(=O)OC(C)(C)C)cc3)cc2NC(N=NN)C1. The van der Waals surface area contributed by atoms with Gasteiger partial charge in [0.25, 0.3) is 5.91 Å². The second kappa shape index (κ2) is 13.5. The molecule has 2 amide bonds. The van der Waals surface area contributed by atoms with E-state index in [4.69, 9.17) is 16.4 Å². The summed E-state index contributed by atoms with van der Waals surface area (Å²) >= 11 is 0. The molecular weight excluding hydrogens is 512 g/mol. The summed E-state index contributed by atoms with van der Waals surface area (Å²) in [6, 6.07) is 13.5. The van der Waals surface area contributed by atoms with Crippen LogP contribution < -0.4 is 17.0 Å². The van der Waals surface area contributed by atoms with Crippen molar-refractivity contribution in [2.45, 2.75) is 58.7 Å². The fourth-order valence-electron chi connectivity index (χ4n) is 4.32. The van der Waals surface area contributed by atoms with Gasteiger partial charge in [-0.3, -0.25) is 14.4 Å². The molecule has 0 aliphatic carbocycles. The third-order valence-electron chi connectivity index (χ3n) is 5.93. The van der Waals surface area contributed by atoms with Gasteiger partial charge in [-0.15, -0.1) is 5.11 Å². The maximum absolute atomic E-state index is 13.5. The number of anilines is 1. The van der Waals surface area contributed by atoms with Crippen LogP contribution >= 0.6 is 0 Å². The summed E-state index contributed by atoms with van der Waals surface area (Å²) in [6.45, 7) is 7.54. The van der Waals surface area contributed by atoms with Gasteiger partial charge in [-0.25, -0.2) is 0 Å². The number of esters is 1. The first-order valence-corrected chi connectivity index (χ1v) is 13.0. The number of fused-ring (bicyclic) bond motifs is 1. The molecule has 1 unspecified atom stereocenters. The first-order valence-electron chi connectivity index (χ1n) is 13.0. The van der Waals surface area contributed by atoms with Crippen LogP contribution in [-0.4, -0.2) is 47.5 Å². The Kier molecular flexibility index (Phi) is 10.1. The van der Waals surface area contributed by atoms with Crippen LogP contribution in [0.3, 0.4) is 0 Å². The van der Waals surface area contributed by atoms with Crippen LogP contribution in [0.4, 0.5) is 5.69 Å². The predicted molar refractivity (Wildman–Crippen MR) is 151 cm³/mol. The minimum atomic E-state index is -0.614. The van der Waals surface area contributed by atoms with E-state index in [2.05, 4.69) is 26.0 Å². The summed E-state index contributed by atoms with van der Waals surface area (Å²) in [6.07, 6.45) is 2.22. The normalized spacial score (nSPS) is 15.2. The Balaban J connectivity index is 1.88. The van der Waals surface area contributed by atoms with Crippen molar-refractivity contribution in [2.75, 3.05) is 18.4 Å². The molecule has 1 aliphatic heterocycles. The first-order chi connectivity index (χ1) is 19.0. The van der Waals surface area contributed by atoms with Crippen LogP contribution in [0.15, 0.2) is 68.7 Å². The maximum atomic E-state index is 13.5. The van der Waals surface area contributed by atoms with Crippen molar-refractivity contribution in [1.82, 2.24) is 4.90 Å². The second-order valence-corrected chi connectivity index (χ2v) is 10.4. The molecule has 0 aromatic heterocycles. The van der Waals surface area contributed by atoms with Gasteiger partial charge in [0.1, 0.15) is 18.3 Å². The van der Waals surface area contributed by atoms with E-state index in [1.807, 2.05) is 70.2 Å². The molecule has 12 heteroatoms. The first kappa shape index (κ1) is 29.9. The molecule has 212 valence electrons. The van der Waals surface area contributed by atoms with Gasteiger partial charge in [0, 0.05) is 24.2 Å². The molecule has 1 atom stereocenters. The van der Waals surface area contributed by atoms with E-state index < -0.39 is 17.7 Å². The number of benzene rings is 2. The summed E-state index contributed by atoms with van der Waals surface area (Å²) in [5, 5.41) is 17.1. The number of carbonyl (C=O) groups is 3. The van der Waals surface area contributed by atoms with Crippen molar-refractivity contribution >= 4 is 29.5 Å². The Morgan fingerprint density at radius 2 is 1.75 bits per heavy atom. The zero-order chi connectivity index (χ0) is 29.3. The third kappa shape index (κ3) is 8.45. The lowest BCUT2D eigenvalue weighted by atomic mass is 9.99. The molecule has 5 N–H and O–H groups in total. The lowest BCUT2D eigenvalue weighted by molar-refractivity contribution is -0.153. The number of amides is 2. The zero-order valence-electron chi connectivity index (χ0n) is 23.3. The van der Waals surface area contributed by atoms with Gasteiger partial charge in [0.05, 0.1) is 6.42 Å². The molecule has 0 bridgehead atoms. The van der Waals surface area contributed by atoms with Crippen molar-refractivity contribution < 1.29 is 19.1 Å². The number of hydrogen-bond donors (Lipinski definition) is 3. The number of hydrogen-bond acceptors (Lipinski definition) is 8. The van der Waals surface area contributed by atoms with Crippen LogP contribution in [0.2, 0.25) is 0 Å². The quantitative estimate of drug-likeness (QED) is 0.182. The molecule has 3 rings (SSSR count). The fourth-order valence-corrected chi connectivity index (χ4v) is 4.32. The molecule has 0 spiro atoms. The van der Waals surface area contributed by atoms with Gasteiger partial charge < -0.3 is 26.6 Å². The van der Waals surface area contributed by atoms with Crippen LogP contribution in [0.5, 0.6) is 0 Å². The molecule has 0 fully saturated rings. The molecule has 1 aliphatic rings. The fraction of sp³-hybridized carbons (Fsp3) is 0.393. The van der Waals surface area contributed by atoms with Crippen molar-refractivity contribution in [1.29, 1.82) is 0 Å². The number of rotatable bonds is 9. The van der Waals surface area contributed by atoms with Crippen LogP contribution in [0.25, 0.3) is 17.2 Å². The highest BCUT2D eigenvalue weighted by molar-refractivity contribution is 6.01. The molecule has 12 nitrogen and oxygen atoms in total. The highest BCUT2D eigenvalue weighted by Crippen LogP contribution is 2.32. The van der Waals surface area contributed by atoms with Crippen LogP contribution in [0.1, 0.15) is 51.7 Å². The Hall–Kier alpha value is -4.61. The van der Waals surface area contributed by atoms with Crippen molar-refractivity contribution in [3.63, 3.8) is 0 Å². The molecule has 1 heterocycles. The summed E-state index contributed by atoms with van der Waals surface area (Å²) in [5.74, 6) is 9.12. The van der Waals surface area contributed by atoms with Gasteiger partial charge in [-0.05, 0) is 61.6 Å². The summed E-state index contributed by atoms with van der Waals surface area (Å²) in [4.78, 5) is 39.1. The van der Waals surface area contributed by atoms with E-state index in [1.165, 1.54) is 4.90 Å². The van der Waals surface area contributed by atoms with Gasteiger partial charge in [0.15, 0.2) is 0 Å². The third-order valence-corrected chi connectivity index (χ3v) is 5.93. The second-order valence-electron chi connectivity index (χ2n) is 10.4. The van der Waals surface area contributed by atoms with E-state index in [0.717, 1.165) is 27.9 Å². The van der Waals surface area contributed by atoms with E-state index in [0.29, 0.717) is 18.5 Å². The smallest absolute Gasteiger partial charge is 0.310 e. The monoisotopic (exact) mass is 548 g/mol. The maximum Gasteiger partial charge on any atom is 0.310 e. The number of ether oxygens (including phenoxy) is 1.